The number of rotatable bonds is 2. The van der Waals surface area contributed by atoms with E-state index in [9.17, 15) is 9.18 Å². The van der Waals surface area contributed by atoms with Crippen LogP contribution in [0.2, 0.25) is 0 Å². The van der Waals surface area contributed by atoms with Crippen LogP contribution in [-0.4, -0.2) is 10.9 Å². The Kier molecular flexibility index (Phi) is 3.09. The molecule has 0 atom stereocenters. The van der Waals surface area contributed by atoms with Crippen LogP contribution in [0.4, 0.5) is 21.5 Å². The molecule has 6 heteroatoms. The number of nitrogens with zero attached hydrogens (tertiary/aromatic N) is 1. The highest BCUT2D eigenvalue weighted by molar-refractivity contribution is 6.08. The number of hydrogen-bond acceptors (Lipinski definition) is 4. The lowest BCUT2D eigenvalue weighted by molar-refractivity contribution is 0.102. The summed E-state index contributed by atoms with van der Waals surface area (Å²) in [5.74, 6) is -1.11. The lowest BCUT2D eigenvalue weighted by atomic mass is 10.1. The first kappa shape index (κ1) is 11.8. The summed E-state index contributed by atoms with van der Waals surface area (Å²) >= 11 is 0. The topological polar surface area (TPSA) is 94.0 Å². The van der Waals surface area contributed by atoms with Crippen molar-refractivity contribution >= 4 is 23.0 Å². The average molecular weight is 246 g/mol. The number of halogens is 1. The Bertz CT molecular complexity index is 600. The average Bonchev–Trinajstić information content (AvgIpc) is 2.32. The van der Waals surface area contributed by atoms with E-state index < -0.39 is 11.7 Å². The fourth-order valence-corrected chi connectivity index (χ4v) is 1.45. The fraction of sp³-hybridized carbons (Fsp3) is 0. The number of nitrogen functional groups attached to an aromatic ring is 2. The molecule has 0 saturated carbocycles. The van der Waals surface area contributed by atoms with Crippen molar-refractivity contribution in [3.8, 4) is 0 Å². The number of nitrogens with one attached hydrogen (secondary N) is 1. The molecule has 5 N–H and O–H groups in total. The van der Waals surface area contributed by atoms with Crippen LogP contribution in [0.3, 0.4) is 0 Å². The summed E-state index contributed by atoms with van der Waals surface area (Å²) in [4.78, 5) is 15.5. The van der Waals surface area contributed by atoms with Crippen LogP contribution in [0.5, 0.6) is 0 Å². The van der Waals surface area contributed by atoms with Crippen LogP contribution >= 0.6 is 0 Å². The van der Waals surface area contributed by atoms with Gasteiger partial charge in [0.15, 0.2) is 5.82 Å². The molecule has 0 aliphatic carbocycles. The van der Waals surface area contributed by atoms with E-state index in [0.29, 0.717) is 5.69 Å². The van der Waals surface area contributed by atoms with E-state index in [4.69, 9.17) is 11.5 Å². The smallest absolute Gasteiger partial charge is 0.257 e. The molecule has 0 unspecified atom stereocenters. The van der Waals surface area contributed by atoms with E-state index in [1.807, 2.05) is 0 Å². The fourth-order valence-electron chi connectivity index (χ4n) is 1.45. The molecule has 1 amide bonds. The van der Waals surface area contributed by atoms with E-state index in [1.54, 1.807) is 6.07 Å². The second-order valence-electron chi connectivity index (χ2n) is 3.66. The van der Waals surface area contributed by atoms with Gasteiger partial charge in [0.2, 0.25) is 0 Å². The van der Waals surface area contributed by atoms with Crippen molar-refractivity contribution in [2.75, 3.05) is 16.8 Å². The van der Waals surface area contributed by atoms with Gasteiger partial charge >= 0.3 is 0 Å². The molecule has 92 valence electrons. The third kappa shape index (κ3) is 2.37. The number of benzene rings is 1. The first-order chi connectivity index (χ1) is 8.58. The molecule has 0 aliphatic heterocycles. The summed E-state index contributed by atoms with van der Waals surface area (Å²) in [7, 11) is 0. The maximum Gasteiger partial charge on any atom is 0.257 e. The first-order valence-corrected chi connectivity index (χ1v) is 5.14. The third-order valence-corrected chi connectivity index (χ3v) is 2.34. The monoisotopic (exact) mass is 246 g/mol. The largest absolute Gasteiger partial charge is 0.399 e. The number of carbonyl (C=O) groups is 1. The summed E-state index contributed by atoms with van der Waals surface area (Å²) in [5, 5.41) is 2.41. The molecule has 18 heavy (non-hydrogen) atoms. The molecule has 0 aliphatic rings. The highest BCUT2D eigenvalue weighted by atomic mass is 19.1. The summed E-state index contributed by atoms with van der Waals surface area (Å²) in [6.45, 7) is 0. The summed E-state index contributed by atoms with van der Waals surface area (Å²) in [5.41, 5.74) is 12.2. The zero-order valence-electron chi connectivity index (χ0n) is 9.35. The van der Waals surface area contributed by atoms with Crippen molar-refractivity contribution in [1.82, 2.24) is 4.98 Å². The predicted octanol–water partition coefficient (Wildman–Crippen LogP) is 1.64. The molecule has 0 bridgehead atoms. The van der Waals surface area contributed by atoms with Gasteiger partial charge in [0.25, 0.3) is 5.91 Å². The maximum atomic E-state index is 13.3. The van der Waals surface area contributed by atoms with E-state index in [-0.39, 0.29) is 16.9 Å². The Labute approximate surface area is 103 Å². The van der Waals surface area contributed by atoms with Crippen LogP contribution in [0.25, 0.3) is 0 Å². The minimum atomic E-state index is -0.611. The van der Waals surface area contributed by atoms with Gasteiger partial charge in [-0.1, -0.05) is 0 Å². The third-order valence-electron chi connectivity index (χ3n) is 2.34. The van der Waals surface area contributed by atoms with Crippen LogP contribution < -0.4 is 16.8 Å². The Balaban J connectivity index is 2.25. The van der Waals surface area contributed by atoms with Crippen molar-refractivity contribution < 1.29 is 9.18 Å². The van der Waals surface area contributed by atoms with Gasteiger partial charge in [0, 0.05) is 17.6 Å². The molecule has 2 aromatic rings. The molecule has 1 heterocycles. The van der Waals surface area contributed by atoms with Crippen LogP contribution in [0, 0.1) is 5.82 Å². The molecular formula is C12H11FN4O. The second kappa shape index (κ2) is 4.70. The summed E-state index contributed by atoms with van der Waals surface area (Å²) < 4.78 is 13.3. The minimum absolute atomic E-state index is 0.0474. The highest BCUT2D eigenvalue weighted by Gasteiger charge is 2.12. The van der Waals surface area contributed by atoms with E-state index in [2.05, 4.69) is 10.3 Å². The molecule has 5 nitrogen and oxygen atoms in total. The van der Waals surface area contributed by atoms with Gasteiger partial charge in [-0.25, -0.2) is 4.39 Å². The number of aromatic nitrogens is 1. The van der Waals surface area contributed by atoms with Gasteiger partial charge in [-0.2, -0.15) is 0 Å². The molecule has 1 aromatic heterocycles. The number of hydrogen-bond donors (Lipinski definition) is 3. The molecule has 1 aromatic carbocycles. The van der Waals surface area contributed by atoms with Crippen molar-refractivity contribution in [2.45, 2.75) is 0 Å². The zero-order valence-corrected chi connectivity index (χ0v) is 9.35. The molecule has 0 saturated heterocycles. The minimum Gasteiger partial charge on any atom is -0.399 e. The number of pyridine rings is 1. The highest BCUT2D eigenvalue weighted by Crippen LogP contribution is 2.18. The van der Waals surface area contributed by atoms with Gasteiger partial charge in [-0.05, 0) is 24.3 Å². The first-order valence-electron chi connectivity index (χ1n) is 5.14. The van der Waals surface area contributed by atoms with Crippen molar-refractivity contribution in [2.24, 2.45) is 0 Å². The number of anilines is 3. The lowest BCUT2D eigenvalue weighted by Gasteiger charge is -2.08. The van der Waals surface area contributed by atoms with Gasteiger partial charge in [-0.3, -0.25) is 9.78 Å². The molecular weight excluding hydrogens is 235 g/mol. The Morgan fingerprint density at radius 1 is 1.28 bits per heavy atom. The van der Waals surface area contributed by atoms with Gasteiger partial charge in [0.1, 0.15) is 0 Å². The van der Waals surface area contributed by atoms with E-state index >= 15 is 0 Å². The Morgan fingerprint density at radius 2 is 2.06 bits per heavy atom. The van der Waals surface area contributed by atoms with Crippen LogP contribution in [-0.2, 0) is 0 Å². The maximum absolute atomic E-state index is 13.3. The molecule has 0 fully saturated rings. The summed E-state index contributed by atoms with van der Waals surface area (Å²) in [6.07, 6.45) is 2.40. The number of carbonyl (C=O) groups excluding carboxylic acids is 1. The van der Waals surface area contributed by atoms with Crippen LogP contribution in [0.15, 0.2) is 36.7 Å². The standard InChI is InChI=1S/C12H11FN4O/c13-9-6-16-4-3-11(9)17-12(18)8-2-1-7(14)5-10(8)15/h1-6H,14-15H2,(H,16,17,18). The lowest BCUT2D eigenvalue weighted by Crippen LogP contribution is -2.15. The van der Waals surface area contributed by atoms with Gasteiger partial charge < -0.3 is 16.8 Å². The normalized spacial score (nSPS) is 10.1. The van der Waals surface area contributed by atoms with Crippen LogP contribution in [0.1, 0.15) is 10.4 Å². The second-order valence-corrected chi connectivity index (χ2v) is 3.66. The van der Waals surface area contributed by atoms with Crippen molar-refractivity contribution in [3.63, 3.8) is 0 Å². The van der Waals surface area contributed by atoms with Gasteiger partial charge in [0.05, 0.1) is 17.4 Å². The quantitative estimate of drug-likeness (QED) is 0.702. The Hall–Kier alpha value is -2.63. The van der Waals surface area contributed by atoms with E-state index in [1.165, 1.54) is 24.4 Å². The van der Waals surface area contributed by atoms with E-state index in [0.717, 1.165) is 6.20 Å². The zero-order chi connectivity index (χ0) is 13.1. The SMILES string of the molecule is Nc1ccc(C(=O)Nc2ccncc2F)c(N)c1. The Morgan fingerprint density at radius 3 is 2.72 bits per heavy atom. The molecule has 2 rings (SSSR count). The number of amides is 1. The number of nitrogens with two attached hydrogens (primary N) is 2. The van der Waals surface area contributed by atoms with Crippen molar-refractivity contribution in [1.29, 1.82) is 0 Å². The summed E-state index contributed by atoms with van der Waals surface area (Å²) in [6, 6.07) is 5.87. The predicted molar refractivity (Wildman–Crippen MR) is 67.4 cm³/mol. The van der Waals surface area contributed by atoms with Crippen molar-refractivity contribution in [3.05, 3.63) is 48.0 Å². The molecule has 0 radical (unpaired) electrons. The molecule has 0 spiro atoms. The van der Waals surface area contributed by atoms with Gasteiger partial charge in [-0.15, -0.1) is 0 Å².